The molecule has 0 radical (unpaired) electrons. The van der Waals surface area contributed by atoms with Crippen molar-refractivity contribution in [1.29, 1.82) is 0 Å². The Bertz CT molecular complexity index is 549. The van der Waals surface area contributed by atoms with Crippen molar-refractivity contribution < 1.29 is 14.3 Å². The molecule has 0 bridgehead atoms. The summed E-state index contributed by atoms with van der Waals surface area (Å²) in [7, 11) is 1.75. The van der Waals surface area contributed by atoms with E-state index < -0.39 is 12.1 Å². The largest absolute Gasteiger partial charge is 0.479 e. The molecule has 1 saturated heterocycles. The Morgan fingerprint density at radius 3 is 3.00 bits per heavy atom. The highest BCUT2D eigenvalue weighted by atomic mass is 32.2. The molecule has 0 saturated carbocycles. The molecule has 0 unspecified atom stereocenters. The second-order valence-electron chi connectivity index (χ2n) is 4.97. The van der Waals surface area contributed by atoms with Gasteiger partial charge < -0.3 is 15.0 Å². The van der Waals surface area contributed by atoms with Gasteiger partial charge in [-0.2, -0.15) is 0 Å². The Morgan fingerprint density at radius 1 is 1.45 bits per heavy atom. The standard InChI is InChI=1S/C14H16N2O3S/c1-16-7-6-9(14(16)18)15-13(17)11-8-20-12-5-3-2-4-10(12)19-11/h2-5,9,11H,6-8H2,1H3,(H,15,17)/t9-,11+/m1/s1. The summed E-state index contributed by atoms with van der Waals surface area (Å²) < 4.78 is 5.71. The van der Waals surface area contributed by atoms with E-state index in [1.165, 1.54) is 0 Å². The fourth-order valence-electron chi connectivity index (χ4n) is 2.37. The number of para-hydroxylation sites is 1. The van der Waals surface area contributed by atoms with Crippen molar-refractivity contribution in [2.75, 3.05) is 19.3 Å². The van der Waals surface area contributed by atoms with Gasteiger partial charge in [0, 0.05) is 24.2 Å². The molecule has 0 spiro atoms. The van der Waals surface area contributed by atoms with Crippen molar-refractivity contribution in [2.24, 2.45) is 0 Å². The third-order valence-corrected chi connectivity index (χ3v) is 4.66. The molecule has 6 heteroatoms. The summed E-state index contributed by atoms with van der Waals surface area (Å²) in [5, 5.41) is 2.79. The van der Waals surface area contributed by atoms with Gasteiger partial charge in [0.2, 0.25) is 5.91 Å². The van der Waals surface area contributed by atoms with Crippen LogP contribution in [0.15, 0.2) is 29.2 Å². The second kappa shape index (κ2) is 5.36. The minimum Gasteiger partial charge on any atom is -0.479 e. The van der Waals surface area contributed by atoms with Crippen LogP contribution in [-0.4, -0.2) is 48.2 Å². The van der Waals surface area contributed by atoms with E-state index in [0.717, 1.165) is 10.6 Å². The maximum Gasteiger partial charge on any atom is 0.262 e. The van der Waals surface area contributed by atoms with Crippen molar-refractivity contribution in [1.82, 2.24) is 10.2 Å². The van der Waals surface area contributed by atoms with E-state index in [0.29, 0.717) is 18.7 Å². The molecule has 0 aromatic heterocycles. The van der Waals surface area contributed by atoms with E-state index in [1.807, 2.05) is 24.3 Å². The number of rotatable bonds is 2. The Hall–Kier alpha value is -1.69. The fourth-order valence-corrected chi connectivity index (χ4v) is 3.35. The predicted octanol–water partition coefficient (Wildman–Crippen LogP) is 0.887. The molecule has 1 aromatic rings. The minimum atomic E-state index is -0.534. The third kappa shape index (κ3) is 2.47. The number of likely N-dealkylation sites (N-methyl/N-ethyl adjacent to an activating group) is 1. The molecule has 1 N–H and O–H groups in total. The minimum absolute atomic E-state index is 0.0257. The van der Waals surface area contributed by atoms with Crippen molar-refractivity contribution >= 4 is 23.6 Å². The molecule has 2 aliphatic heterocycles. The van der Waals surface area contributed by atoms with Crippen molar-refractivity contribution in [3.05, 3.63) is 24.3 Å². The van der Waals surface area contributed by atoms with Crippen molar-refractivity contribution in [3.8, 4) is 5.75 Å². The van der Waals surface area contributed by atoms with Crippen LogP contribution in [0.25, 0.3) is 0 Å². The number of hydrogen-bond acceptors (Lipinski definition) is 4. The number of amides is 2. The normalized spacial score (nSPS) is 25.1. The highest BCUT2D eigenvalue weighted by Crippen LogP contribution is 2.34. The van der Waals surface area contributed by atoms with Gasteiger partial charge in [-0.3, -0.25) is 9.59 Å². The maximum absolute atomic E-state index is 12.2. The molecule has 1 fully saturated rings. The molecule has 3 rings (SSSR count). The van der Waals surface area contributed by atoms with Crippen LogP contribution in [0.2, 0.25) is 0 Å². The Morgan fingerprint density at radius 2 is 2.25 bits per heavy atom. The molecule has 1 aromatic carbocycles. The Labute approximate surface area is 121 Å². The first-order valence-corrected chi connectivity index (χ1v) is 7.57. The van der Waals surface area contributed by atoms with Gasteiger partial charge in [-0.25, -0.2) is 0 Å². The third-order valence-electron chi connectivity index (χ3n) is 3.55. The summed E-state index contributed by atoms with van der Waals surface area (Å²) in [6, 6.07) is 7.26. The van der Waals surface area contributed by atoms with Crippen LogP contribution in [0.3, 0.4) is 0 Å². The number of benzene rings is 1. The van der Waals surface area contributed by atoms with Crippen LogP contribution in [-0.2, 0) is 9.59 Å². The number of nitrogens with zero attached hydrogens (tertiary/aromatic N) is 1. The highest BCUT2D eigenvalue weighted by molar-refractivity contribution is 7.99. The molecule has 2 amide bonds. The number of hydrogen-bond donors (Lipinski definition) is 1. The Kier molecular flexibility index (Phi) is 3.56. The lowest BCUT2D eigenvalue weighted by molar-refractivity contribution is -0.134. The lowest BCUT2D eigenvalue weighted by atomic mass is 10.2. The summed E-state index contributed by atoms with van der Waals surface area (Å²) in [6.07, 6.45) is 0.131. The zero-order valence-electron chi connectivity index (χ0n) is 11.2. The first kappa shape index (κ1) is 13.3. The molecule has 2 atom stereocenters. The lowest BCUT2D eigenvalue weighted by Gasteiger charge is -2.25. The van der Waals surface area contributed by atoms with Crippen LogP contribution in [0.4, 0.5) is 0 Å². The summed E-state index contributed by atoms with van der Waals surface area (Å²) >= 11 is 1.60. The lowest BCUT2D eigenvalue weighted by Crippen LogP contribution is -2.48. The molecule has 106 valence electrons. The summed E-state index contributed by atoms with van der Waals surface area (Å²) in [5.74, 6) is 1.07. The molecule has 2 aliphatic rings. The first-order chi connectivity index (χ1) is 9.65. The number of fused-ring (bicyclic) bond motifs is 1. The van der Waals surface area contributed by atoms with E-state index in [1.54, 1.807) is 23.7 Å². The highest BCUT2D eigenvalue weighted by Gasteiger charge is 2.34. The quantitative estimate of drug-likeness (QED) is 0.879. The Balaban J connectivity index is 1.63. The number of ether oxygens (including phenoxy) is 1. The van der Waals surface area contributed by atoms with Gasteiger partial charge in [-0.15, -0.1) is 11.8 Å². The average molecular weight is 292 g/mol. The zero-order valence-corrected chi connectivity index (χ0v) is 12.0. The van der Waals surface area contributed by atoms with E-state index >= 15 is 0 Å². The van der Waals surface area contributed by atoms with Crippen LogP contribution >= 0.6 is 11.8 Å². The van der Waals surface area contributed by atoms with E-state index in [4.69, 9.17) is 4.74 Å². The number of likely N-dealkylation sites (tertiary alicyclic amines) is 1. The van der Waals surface area contributed by atoms with E-state index in [9.17, 15) is 9.59 Å². The van der Waals surface area contributed by atoms with Crippen LogP contribution in [0.1, 0.15) is 6.42 Å². The number of thioether (sulfide) groups is 1. The van der Waals surface area contributed by atoms with Crippen LogP contribution < -0.4 is 10.1 Å². The number of nitrogens with one attached hydrogen (secondary N) is 1. The molecule has 0 aliphatic carbocycles. The van der Waals surface area contributed by atoms with E-state index in [-0.39, 0.29) is 11.8 Å². The topological polar surface area (TPSA) is 58.6 Å². The molecule has 5 nitrogen and oxygen atoms in total. The SMILES string of the molecule is CN1CC[C@@H](NC(=O)[C@@H]2CSc3ccccc3O2)C1=O. The molecular formula is C14H16N2O3S. The van der Waals surface area contributed by atoms with E-state index in [2.05, 4.69) is 5.32 Å². The second-order valence-corrected chi connectivity index (χ2v) is 6.04. The molecular weight excluding hydrogens is 276 g/mol. The van der Waals surface area contributed by atoms with Gasteiger partial charge in [0.25, 0.3) is 5.91 Å². The van der Waals surface area contributed by atoms with Gasteiger partial charge in [-0.1, -0.05) is 12.1 Å². The van der Waals surface area contributed by atoms with Gasteiger partial charge in [0.1, 0.15) is 11.8 Å². The summed E-state index contributed by atoms with van der Waals surface area (Å²) in [6.45, 7) is 0.687. The summed E-state index contributed by atoms with van der Waals surface area (Å²) in [4.78, 5) is 26.7. The first-order valence-electron chi connectivity index (χ1n) is 6.59. The van der Waals surface area contributed by atoms with Gasteiger partial charge in [0.15, 0.2) is 6.10 Å². The smallest absolute Gasteiger partial charge is 0.262 e. The van der Waals surface area contributed by atoms with Crippen LogP contribution in [0, 0.1) is 0 Å². The fraction of sp³-hybridized carbons (Fsp3) is 0.429. The zero-order chi connectivity index (χ0) is 14.1. The average Bonchev–Trinajstić information content (AvgIpc) is 2.78. The molecule has 2 heterocycles. The van der Waals surface area contributed by atoms with Gasteiger partial charge >= 0.3 is 0 Å². The van der Waals surface area contributed by atoms with Gasteiger partial charge in [-0.05, 0) is 18.6 Å². The number of carbonyl (C=O) groups excluding carboxylic acids is 2. The number of carbonyl (C=O) groups is 2. The van der Waals surface area contributed by atoms with Gasteiger partial charge in [0.05, 0.1) is 0 Å². The monoisotopic (exact) mass is 292 g/mol. The maximum atomic E-state index is 12.2. The van der Waals surface area contributed by atoms with Crippen molar-refractivity contribution in [2.45, 2.75) is 23.5 Å². The summed E-state index contributed by atoms with van der Waals surface area (Å²) in [5.41, 5.74) is 0. The molecule has 20 heavy (non-hydrogen) atoms. The van der Waals surface area contributed by atoms with Crippen LogP contribution in [0.5, 0.6) is 5.75 Å². The predicted molar refractivity (Wildman–Crippen MR) is 75.8 cm³/mol. The van der Waals surface area contributed by atoms with Crippen molar-refractivity contribution in [3.63, 3.8) is 0 Å².